The summed E-state index contributed by atoms with van der Waals surface area (Å²) in [5, 5.41) is 3.58. The molecule has 1 aromatic heterocycles. The molecule has 2 aromatic rings. The summed E-state index contributed by atoms with van der Waals surface area (Å²) in [6, 6.07) is 5.44. The lowest BCUT2D eigenvalue weighted by molar-refractivity contribution is -0.124. The first-order valence-electron chi connectivity index (χ1n) is 4.90. The zero-order chi connectivity index (χ0) is 12.4. The van der Waals surface area contributed by atoms with E-state index < -0.39 is 0 Å². The van der Waals surface area contributed by atoms with E-state index in [4.69, 9.17) is 11.6 Å². The molecule has 1 N–H and O–H groups in total. The number of aromatic nitrogens is 1. The molecular weight excluding hydrogens is 260 g/mol. The highest BCUT2D eigenvalue weighted by Gasteiger charge is 2.10. The van der Waals surface area contributed by atoms with E-state index in [1.54, 1.807) is 6.07 Å². The standard InChI is InChI=1S/C11H9ClN2O2S/c1-6(15)5-9(16)13-11-14-10-7(12)3-2-4-8(10)17-11/h2-4H,5H2,1H3,(H,13,14,16). The van der Waals surface area contributed by atoms with Gasteiger partial charge >= 0.3 is 0 Å². The van der Waals surface area contributed by atoms with Crippen molar-refractivity contribution in [1.29, 1.82) is 0 Å². The number of fused-ring (bicyclic) bond motifs is 1. The highest BCUT2D eigenvalue weighted by atomic mass is 35.5. The summed E-state index contributed by atoms with van der Waals surface area (Å²) in [4.78, 5) is 26.4. The molecule has 0 aliphatic heterocycles. The summed E-state index contributed by atoms with van der Waals surface area (Å²) in [6.45, 7) is 1.37. The minimum atomic E-state index is -0.354. The van der Waals surface area contributed by atoms with Crippen LogP contribution in [0.15, 0.2) is 18.2 Å². The quantitative estimate of drug-likeness (QED) is 0.871. The van der Waals surface area contributed by atoms with E-state index in [1.807, 2.05) is 12.1 Å². The topological polar surface area (TPSA) is 59.1 Å². The molecule has 0 aliphatic rings. The minimum Gasteiger partial charge on any atom is -0.302 e. The van der Waals surface area contributed by atoms with Gasteiger partial charge in [0.2, 0.25) is 5.91 Å². The second-order valence-electron chi connectivity index (χ2n) is 3.53. The van der Waals surface area contributed by atoms with Crippen LogP contribution >= 0.6 is 22.9 Å². The Kier molecular flexibility index (Phi) is 3.40. The zero-order valence-corrected chi connectivity index (χ0v) is 10.6. The molecule has 0 spiro atoms. The van der Waals surface area contributed by atoms with Crippen LogP contribution in [-0.4, -0.2) is 16.7 Å². The third-order valence-corrected chi connectivity index (χ3v) is 3.27. The van der Waals surface area contributed by atoms with E-state index in [-0.39, 0.29) is 18.1 Å². The minimum absolute atomic E-state index is 0.135. The highest BCUT2D eigenvalue weighted by molar-refractivity contribution is 7.22. The number of ketones is 1. The van der Waals surface area contributed by atoms with Gasteiger partial charge in [-0.1, -0.05) is 29.0 Å². The average molecular weight is 269 g/mol. The molecule has 1 heterocycles. The number of para-hydroxylation sites is 1. The average Bonchev–Trinajstić information content (AvgIpc) is 2.60. The predicted octanol–water partition coefficient (Wildman–Crippen LogP) is 2.87. The lowest BCUT2D eigenvalue weighted by Crippen LogP contribution is -2.14. The first-order valence-corrected chi connectivity index (χ1v) is 6.10. The smallest absolute Gasteiger partial charge is 0.233 e. The number of nitrogens with one attached hydrogen (secondary N) is 1. The molecule has 1 aromatic carbocycles. The van der Waals surface area contributed by atoms with Gasteiger partial charge in [-0.05, 0) is 19.1 Å². The van der Waals surface area contributed by atoms with Crippen LogP contribution in [0.3, 0.4) is 0 Å². The van der Waals surface area contributed by atoms with Crippen molar-refractivity contribution in [1.82, 2.24) is 4.98 Å². The number of anilines is 1. The fraction of sp³-hybridized carbons (Fsp3) is 0.182. The van der Waals surface area contributed by atoms with E-state index in [1.165, 1.54) is 18.3 Å². The fourth-order valence-electron chi connectivity index (χ4n) is 1.36. The number of hydrogen-bond donors (Lipinski definition) is 1. The SMILES string of the molecule is CC(=O)CC(=O)Nc1nc2c(Cl)cccc2s1. The summed E-state index contributed by atoms with van der Waals surface area (Å²) < 4.78 is 0.899. The zero-order valence-electron chi connectivity index (χ0n) is 8.99. The van der Waals surface area contributed by atoms with E-state index >= 15 is 0 Å². The van der Waals surface area contributed by atoms with E-state index in [0.29, 0.717) is 15.7 Å². The Balaban J connectivity index is 2.23. The van der Waals surface area contributed by atoms with Crippen LogP contribution in [-0.2, 0) is 9.59 Å². The molecule has 0 radical (unpaired) electrons. The summed E-state index contributed by atoms with van der Waals surface area (Å²) in [5.74, 6) is -0.533. The van der Waals surface area contributed by atoms with Crippen LogP contribution in [0.25, 0.3) is 10.2 Å². The van der Waals surface area contributed by atoms with Crippen LogP contribution in [0.2, 0.25) is 5.02 Å². The number of rotatable bonds is 3. The summed E-state index contributed by atoms with van der Waals surface area (Å²) >= 11 is 7.30. The molecule has 88 valence electrons. The van der Waals surface area contributed by atoms with Gasteiger partial charge in [-0.15, -0.1) is 0 Å². The first kappa shape index (κ1) is 12.0. The number of Topliss-reactive ketones (excluding diaryl/α,β-unsaturated/α-hetero) is 1. The number of halogens is 1. The molecule has 0 unspecified atom stereocenters. The van der Waals surface area contributed by atoms with Crippen LogP contribution in [0, 0.1) is 0 Å². The number of benzene rings is 1. The molecule has 4 nitrogen and oxygen atoms in total. The van der Waals surface area contributed by atoms with Crippen LogP contribution in [0.5, 0.6) is 0 Å². The molecular formula is C11H9ClN2O2S. The highest BCUT2D eigenvalue weighted by Crippen LogP contribution is 2.30. The van der Waals surface area contributed by atoms with Gasteiger partial charge in [0.05, 0.1) is 16.1 Å². The van der Waals surface area contributed by atoms with E-state index in [9.17, 15) is 9.59 Å². The number of thiazole rings is 1. The monoisotopic (exact) mass is 268 g/mol. The van der Waals surface area contributed by atoms with Crippen molar-refractivity contribution < 1.29 is 9.59 Å². The normalized spacial score (nSPS) is 10.5. The maximum absolute atomic E-state index is 11.4. The van der Waals surface area contributed by atoms with Gasteiger partial charge in [0.25, 0.3) is 0 Å². The van der Waals surface area contributed by atoms with Gasteiger partial charge in [0.15, 0.2) is 5.13 Å². The van der Waals surface area contributed by atoms with Crippen molar-refractivity contribution in [3.63, 3.8) is 0 Å². The van der Waals surface area contributed by atoms with Crippen molar-refractivity contribution in [2.45, 2.75) is 13.3 Å². The molecule has 0 saturated carbocycles. The second kappa shape index (κ2) is 4.81. The Labute approximate surface area is 107 Å². The van der Waals surface area contributed by atoms with Crippen molar-refractivity contribution >= 4 is 50.0 Å². The number of carbonyl (C=O) groups is 2. The third kappa shape index (κ3) is 2.81. The second-order valence-corrected chi connectivity index (χ2v) is 4.97. The van der Waals surface area contributed by atoms with Gasteiger partial charge in [-0.2, -0.15) is 0 Å². The molecule has 0 fully saturated rings. The molecule has 0 aliphatic carbocycles. The fourth-order valence-corrected chi connectivity index (χ4v) is 2.54. The van der Waals surface area contributed by atoms with Gasteiger partial charge in [0.1, 0.15) is 11.3 Å². The van der Waals surface area contributed by atoms with Crippen molar-refractivity contribution in [2.75, 3.05) is 5.32 Å². The first-order chi connectivity index (χ1) is 8.06. The Morgan fingerprint density at radius 3 is 2.88 bits per heavy atom. The van der Waals surface area contributed by atoms with Gasteiger partial charge in [-0.3, -0.25) is 9.59 Å². The molecule has 1 amide bonds. The van der Waals surface area contributed by atoms with Gasteiger partial charge in [0, 0.05) is 0 Å². The number of nitrogens with zero attached hydrogens (tertiary/aromatic N) is 1. The van der Waals surface area contributed by atoms with Gasteiger partial charge in [-0.25, -0.2) is 4.98 Å². The van der Waals surface area contributed by atoms with Crippen LogP contribution < -0.4 is 5.32 Å². The summed E-state index contributed by atoms with van der Waals surface area (Å²) in [6.07, 6.45) is -0.135. The maximum atomic E-state index is 11.4. The van der Waals surface area contributed by atoms with Crippen LogP contribution in [0.1, 0.15) is 13.3 Å². The molecule has 6 heteroatoms. The lowest BCUT2D eigenvalue weighted by Gasteiger charge is -1.97. The molecule has 17 heavy (non-hydrogen) atoms. The van der Waals surface area contributed by atoms with Crippen molar-refractivity contribution in [2.24, 2.45) is 0 Å². The van der Waals surface area contributed by atoms with Gasteiger partial charge < -0.3 is 5.32 Å². The number of amides is 1. The molecule has 2 rings (SSSR count). The molecule has 0 saturated heterocycles. The largest absolute Gasteiger partial charge is 0.302 e. The van der Waals surface area contributed by atoms with Crippen molar-refractivity contribution in [3.05, 3.63) is 23.2 Å². The number of carbonyl (C=O) groups excluding carboxylic acids is 2. The van der Waals surface area contributed by atoms with Crippen molar-refractivity contribution in [3.8, 4) is 0 Å². The summed E-state index contributed by atoms with van der Waals surface area (Å²) in [7, 11) is 0. The Hall–Kier alpha value is -1.46. The summed E-state index contributed by atoms with van der Waals surface area (Å²) in [5.41, 5.74) is 0.664. The Morgan fingerprint density at radius 2 is 2.24 bits per heavy atom. The van der Waals surface area contributed by atoms with E-state index in [2.05, 4.69) is 10.3 Å². The Bertz CT molecular complexity index is 594. The molecule has 0 atom stereocenters. The predicted molar refractivity (Wildman–Crippen MR) is 68.6 cm³/mol. The maximum Gasteiger partial charge on any atom is 0.233 e. The van der Waals surface area contributed by atoms with Crippen LogP contribution in [0.4, 0.5) is 5.13 Å². The number of hydrogen-bond acceptors (Lipinski definition) is 4. The third-order valence-electron chi connectivity index (χ3n) is 2.03. The lowest BCUT2D eigenvalue weighted by atomic mass is 10.3. The van der Waals surface area contributed by atoms with E-state index in [0.717, 1.165) is 4.70 Å². The molecule has 0 bridgehead atoms. The Morgan fingerprint density at radius 1 is 1.47 bits per heavy atom.